The minimum atomic E-state index is -0.553. The predicted octanol–water partition coefficient (Wildman–Crippen LogP) is 0.710. The Morgan fingerprint density at radius 3 is 2.82 bits per heavy atom. The van der Waals surface area contributed by atoms with E-state index in [0.29, 0.717) is 22.5 Å². The van der Waals surface area contributed by atoms with Gasteiger partial charge in [0, 0.05) is 5.56 Å². The molecule has 2 aliphatic heterocycles. The van der Waals surface area contributed by atoms with Crippen LogP contribution in [0.25, 0.3) is 11.2 Å². The number of imidazole rings is 1. The van der Waals surface area contributed by atoms with E-state index in [1.165, 1.54) is 6.33 Å². The smallest absolute Gasteiger partial charge is 0.256 e. The number of carbonyl (C=O) groups excluding carboxylic acids is 1. The van der Waals surface area contributed by atoms with Crippen LogP contribution in [0.4, 0.5) is 5.82 Å². The van der Waals surface area contributed by atoms with Gasteiger partial charge >= 0.3 is 0 Å². The molecule has 4 heterocycles. The summed E-state index contributed by atoms with van der Waals surface area (Å²) in [5.41, 5.74) is 1.42. The lowest BCUT2D eigenvalue weighted by molar-refractivity contribution is -0.108. The molecule has 0 aliphatic carbocycles. The Kier molecular flexibility index (Phi) is 4.24. The van der Waals surface area contributed by atoms with Crippen LogP contribution in [-0.2, 0) is 14.2 Å². The number of aliphatic hydroxyl groups is 1. The van der Waals surface area contributed by atoms with E-state index >= 15 is 0 Å². The first-order chi connectivity index (χ1) is 13.8. The number of nitrogens with zero attached hydrogens (tertiary/aromatic N) is 4. The number of fused-ring (bicyclic) bond motifs is 2. The lowest BCUT2D eigenvalue weighted by atomic mass is 10.1. The molecule has 0 bridgehead atoms. The van der Waals surface area contributed by atoms with E-state index in [1.807, 2.05) is 6.07 Å². The van der Waals surface area contributed by atoms with Crippen molar-refractivity contribution in [3.05, 3.63) is 48.5 Å². The molecule has 1 aromatic carbocycles. The molecule has 0 radical (unpaired) electrons. The highest BCUT2D eigenvalue weighted by Gasteiger charge is 2.50. The normalized spacial score (nSPS) is 26.5. The summed E-state index contributed by atoms with van der Waals surface area (Å²) in [6, 6.07) is 8.84. The molecule has 0 spiro atoms. The Balaban J connectivity index is 1.47. The van der Waals surface area contributed by atoms with Crippen LogP contribution >= 0.6 is 0 Å². The van der Waals surface area contributed by atoms with Crippen molar-refractivity contribution >= 4 is 22.9 Å². The molecule has 10 nitrogen and oxygen atoms in total. The molecule has 3 aromatic rings. The first-order valence-corrected chi connectivity index (χ1v) is 8.79. The van der Waals surface area contributed by atoms with Crippen molar-refractivity contribution in [3.63, 3.8) is 0 Å². The molecule has 2 fully saturated rings. The van der Waals surface area contributed by atoms with Gasteiger partial charge in [-0.2, -0.15) is 0 Å². The van der Waals surface area contributed by atoms with Crippen LogP contribution in [0.5, 0.6) is 0 Å². The van der Waals surface area contributed by atoms with E-state index < -0.39 is 12.3 Å². The van der Waals surface area contributed by atoms with Gasteiger partial charge in [0.15, 0.2) is 23.2 Å². The largest absolute Gasteiger partial charge is 0.394 e. The summed E-state index contributed by atoms with van der Waals surface area (Å²) in [5.74, 6) is 0.00893. The Labute approximate surface area is 159 Å². The molecule has 2 aromatic heterocycles. The zero-order valence-electron chi connectivity index (χ0n) is 14.6. The fraction of sp³-hybridized carbons (Fsp3) is 0.333. The molecule has 10 heteroatoms. The molecule has 2 N–H and O–H groups in total. The van der Waals surface area contributed by atoms with E-state index in [2.05, 4.69) is 20.3 Å². The second kappa shape index (κ2) is 6.91. The van der Waals surface area contributed by atoms with E-state index in [4.69, 9.17) is 14.2 Å². The Morgan fingerprint density at radius 1 is 1.18 bits per heavy atom. The highest BCUT2D eigenvalue weighted by atomic mass is 16.7. The number of aliphatic hydroxyl groups excluding tert-OH is 1. The van der Waals surface area contributed by atoms with Crippen molar-refractivity contribution in [2.45, 2.75) is 24.5 Å². The average molecular weight is 383 g/mol. The predicted molar refractivity (Wildman–Crippen MR) is 95.3 cm³/mol. The van der Waals surface area contributed by atoms with Crippen LogP contribution < -0.4 is 5.32 Å². The van der Waals surface area contributed by atoms with E-state index in [9.17, 15) is 9.90 Å². The number of hydrogen-bond donors (Lipinski definition) is 2. The number of carbonyl (C=O) groups is 1. The van der Waals surface area contributed by atoms with Gasteiger partial charge in [0.25, 0.3) is 5.91 Å². The maximum atomic E-state index is 12.5. The second-order valence-corrected chi connectivity index (χ2v) is 6.49. The molecule has 2 aliphatic rings. The summed E-state index contributed by atoms with van der Waals surface area (Å²) < 4.78 is 18.7. The number of rotatable bonds is 4. The average Bonchev–Trinajstić information content (AvgIpc) is 3.44. The van der Waals surface area contributed by atoms with E-state index in [0.717, 1.165) is 0 Å². The maximum Gasteiger partial charge on any atom is 0.256 e. The van der Waals surface area contributed by atoms with Crippen LogP contribution in [-0.4, -0.2) is 62.2 Å². The van der Waals surface area contributed by atoms with Crippen molar-refractivity contribution in [1.29, 1.82) is 0 Å². The fourth-order valence-corrected chi connectivity index (χ4v) is 3.55. The van der Waals surface area contributed by atoms with Gasteiger partial charge in [0.1, 0.15) is 31.4 Å². The Hall–Kier alpha value is -2.92. The molecular formula is C18H17N5O5. The topological polar surface area (TPSA) is 121 Å². The van der Waals surface area contributed by atoms with Gasteiger partial charge in [-0.3, -0.25) is 9.36 Å². The van der Waals surface area contributed by atoms with Crippen molar-refractivity contribution < 1.29 is 24.1 Å². The van der Waals surface area contributed by atoms with Crippen molar-refractivity contribution in [3.8, 4) is 0 Å². The molecule has 28 heavy (non-hydrogen) atoms. The van der Waals surface area contributed by atoms with Crippen LogP contribution in [0.1, 0.15) is 16.6 Å². The number of aromatic nitrogens is 4. The van der Waals surface area contributed by atoms with Gasteiger partial charge in [0.05, 0.1) is 12.9 Å². The summed E-state index contributed by atoms with van der Waals surface area (Å²) in [6.07, 6.45) is 1.12. The van der Waals surface area contributed by atoms with Gasteiger partial charge in [-0.1, -0.05) is 18.2 Å². The van der Waals surface area contributed by atoms with Gasteiger partial charge < -0.3 is 24.6 Å². The number of anilines is 1. The molecule has 2 saturated heterocycles. The third-order valence-corrected chi connectivity index (χ3v) is 4.89. The summed E-state index contributed by atoms with van der Waals surface area (Å²) in [6.45, 7) is -0.0350. The molecule has 4 atom stereocenters. The zero-order valence-corrected chi connectivity index (χ0v) is 14.6. The van der Waals surface area contributed by atoms with Crippen molar-refractivity contribution in [2.75, 3.05) is 18.7 Å². The zero-order chi connectivity index (χ0) is 19.1. The Morgan fingerprint density at radius 2 is 2.00 bits per heavy atom. The standard InChI is InChI=1S/C18H17N5O5/c24-6-11-13-14(27-9-26-13)18(28-11)23-8-21-12-15(19-7-20-16(12)23)22-17(25)10-4-2-1-3-5-10/h1-5,7-8,11,13-14,18,24H,6,9H2,(H,19,20,22,25)/t11-,13-,14-,18-/m1/s1. The summed E-state index contributed by atoms with van der Waals surface area (Å²) in [7, 11) is 0. The highest BCUT2D eigenvalue weighted by Crippen LogP contribution is 2.38. The molecule has 0 saturated carbocycles. The number of ether oxygens (including phenoxy) is 3. The summed E-state index contributed by atoms with van der Waals surface area (Å²) >= 11 is 0. The minimum absolute atomic E-state index is 0.145. The van der Waals surface area contributed by atoms with Crippen LogP contribution in [0.2, 0.25) is 0 Å². The van der Waals surface area contributed by atoms with Gasteiger partial charge in [-0.25, -0.2) is 15.0 Å². The lowest BCUT2D eigenvalue weighted by Gasteiger charge is -2.17. The molecular weight excluding hydrogens is 366 g/mol. The van der Waals surface area contributed by atoms with E-state index in [-0.39, 0.29) is 31.5 Å². The van der Waals surface area contributed by atoms with Crippen molar-refractivity contribution in [1.82, 2.24) is 19.5 Å². The summed E-state index contributed by atoms with van der Waals surface area (Å²) in [5, 5.41) is 12.3. The minimum Gasteiger partial charge on any atom is -0.394 e. The lowest BCUT2D eigenvalue weighted by Crippen LogP contribution is -2.30. The molecule has 1 amide bonds. The molecule has 144 valence electrons. The monoisotopic (exact) mass is 383 g/mol. The number of nitrogens with one attached hydrogen (secondary N) is 1. The highest BCUT2D eigenvalue weighted by molar-refractivity contribution is 6.06. The van der Waals surface area contributed by atoms with Crippen LogP contribution in [0.3, 0.4) is 0 Å². The number of amides is 1. The number of hydrogen-bond acceptors (Lipinski definition) is 8. The second-order valence-electron chi connectivity index (χ2n) is 6.49. The van der Waals surface area contributed by atoms with Gasteiger partial charge in [-0.05, 0) is 12.1 Å². The van der Waals surface area contributed by atoms with Crippen molar-refractivity contribution in [2.24, 2.45) is 0 Å². The third-order valence-electron chi connectivity index (χ3n) is 4.89. The maximum absolute atomic E-state index is 12.5. The number of benzene rings is 1. The third kappa shape index (κ3) is 2.74. The van der Waals surface area contributed by atoms with Gasteiger partial charge in [-0.15, -0.1) is 0 Å². The summed E-state index contributed by atoms with van der Waals surface area (Å²) in [4.78, 5) is 25.3. The van der Waals surface area contributed by atoms with Crippen LogP contribution in [0.15, 0.2) is 43.0 Å². The quantitative estimate of drug-likeness (QED) is 0.676. The first-order valence-electron chi connectivity index (χ1n) is 8.79. The Bertz CT molecular complexity index is 1010. The van der Waals surface area contributed by atoms with Crippen LogP contribution in [0, 0.1) is 0 Å². The fourth-order valence-electron chi connectivity index (χ4n) is 3.55. The SMILES string of the molecule is O=C(Nc1ncnc2c1ncn2[C@@H]1O[C@H](CO)[C@H]2OCO[C@H]21)c1ccccc1. The molecule has 0 unspecified atom stereocenters. The molecule has 5 rings (SSSR count). The van der Waals surface area contributed by atoms with Gasteiger partial charge in [0.2, 0.25) is 0 Å². The first kappa shape index (κ1) is 17.2. The van der Waals surface area contributed by atoms with E-state index in [1.54, 1.807) is 35.2 Å².